The number of sulfonamides is 1. The van der Waals surface area contributed by atoms with Crippen molar-refractivity contribution in [2.75, 3.05) is 22.0 Å². The van der Waals surface area contributed by atoms with Crippen LogP contribution in [0.25, 0.3) is 0 Å². The van der Waals surface area contributed by atoms with E-state index in [0.717, 1.165) is 0 Å². The molecule has 132 valence electrons. The molecule has 8 heteroatoms. The third kappa shape index (κ3) is 4.57. The zero-order chi connectivity index (χ0) is 18.6. The number of amides is 2. The number of nitrogens with zero attached hydrogens (tertiary/aromatic N) is 1. The van der Waals surface area contributed by atoms with Crippen molar-refractivity contribution in [3.63, 3.8) is 0 Å². The smallest absolute Gasteiger partial charge is 0.261 e. The first-order valence-electron chi connectivity index (χ1n) is 7.44. The summed E-state index contributed by atoms with van der Waals surface area (Å²) in [7, 11) is -2.27. The van der Waals surface area contributed by atoms with Gasteiger partial charge in [-0.05, 0) is 36.4 Å². The van der Waals surface area contributed by atoms with Crippen molar-refractivity contribution in [2.24, 2.45) is 0 Å². The van der Waals surface area contributed by atoms with E-state index in [9.17, 15) is 18.0 Å². The van der Waals surface area contributed by atoms with Crippen molar-refractivity contribution in [3.05, 3.63) is 48.5 Å². The van der Waals surface area contributed by atoms with E-state index in [-0.39, 0.29) is 16.7 Å². The second-order valence-electron chi connectivity index (χ2n) is 5.41. The summed E-state index contributed by atoms with van der Waals surface area (Å²) in [6.07, 6.45) is 0. The van der Waals surface area contributed by atoms with Gasteiger partial charge in [-0.25, -0.2) is 8.42 Å². The Hall–Kier alpha value is -2.87. The van der Waals surface area contributed by atoms with Crippen molar-refractivity contribution in [1.82, 2.24) is 0 Å². The number of rotatable bonds is 5. The van der Waals surface area contributed by atoms with Gasteiger partial charge < -0.3 is 10.2 Å². The molecule has 0 saturated heterocycles. The summed E-state index contributed by atoms with van der Waals surface area (Å²) in [4.78, 5) is 24.0. The van der Waals surface area contributed by atoms with Gasteiger partial charge in [0.2, 0.25) is 11.8 Å². The zero-order valence-corrected chi connectivity index (χ0v) is 14.9. The standard InChI is InChI=1S/C17H19N3O4S/c1-12(21)18-14-8-10-15(11-9-14)25(23,24)19-16-6-4-5-7-17(16)20(3)13(2)22/h4-11,19H,1-3H3,(H,18,21). The number of anilines is 3. The summed E-state index contributed by atoms with van der Waals surface area (Å²) in [6, 6.07) is 12.4. The average Bonchev–Trinajstić information content (AvgIpc) is 2.54. The molecule has 0 radical (unpaired) electrons. The fourth-order valence-electron chi connectivity index (χ4n) is 2.15. The molecule has 0 aliphatic carbocycles. The largest absolute Gasteiger partial charge is 0.326 e. The van der Waals surface area contributed by atoms with Gasteiger partial charge in [0.1, 0.15) is 0 Å². The van der Waals surface area contributed by atoms with Gasteiger partial charge in [-0.3, -0.25) is 14.3 Å². The molecular weight excluding hydrogens is 342 g/mol. The summed E-state index contributed by atoms with van der Waals surface area (Å²) in [6.45, 7) is 2.76. The van der Waals surface area contributed by atoms with Crippen molar-refractivity contribution >= 4 is 38.9 Å². The quantitative estimate of drug-likeness (QED) is 0.855. The van der Waals surface area contributed by atoms with Gasteiger partial charge in [0, 0.05) is 26.6 Å². The number of hydrogen-bond acceptors (Lipinski definition) is 4. The molecule has 25 heavy (non-hydrogen) atoms. The summed E-state index contributed by atoms with van der Waals surface area (Å²) < 4.78 is 27.6. The molecule has 0 aromatic heterocycles. The number of carbonyl (C=O) groups excluding carboxylic acids is 2. The second kappa shape index (κ2) is 7.35. The second-order valence-corrected chi connectivity index (χ2v) is 7.09. The van der Waals surface area contributed by atoms with E-state index in [4.69, 9.17) is 0 Å². The van der Waals surface area contributed by atoms with E-state index < -0.39 is 10.0 Å². The van der Waals surface area contributed by atoms with Gasteiger partial charge in [-0.1, -0.05) is 12.1 Å². The molecule has 0 fully saturated rings. The van der Waals surface area contributed by atoms with Crippen molar-refractivity contribution < 1.29 is 18.0 Å². The van der Waals surface area contributed by atoms with E-state index in [1.165, 1.54) is 43.0 Å². The van der Waals surface area contributed by atoms with Crippen molar-refractivity contribution in [1.29, 1.82) is 0 Å². The molecule has 7 nitrogen and oxygen atoms in total. The van der Waals surface area contributed by atoms with Gasteiger partial charge in [0.15, 0.2) is 0 Å². The fraction of sp³-hybridized carbons (Fsp3) is 0.176. The maximum Gasteiger partial charge on any atom is 0.261 e. The minimum Gasteiger partial charge on any atom is -0.326 e. The molecule has 0 aliphatic heterocycles. The fourth-order valence-corrected chi connectivity index (χ4v) is 3.22. The van der Waals surface area contributed by atoms with Crippen LogP contribution in [0, 0.1) is 0 Å². The summed E-state index contributed by atoms with van der Waals surface area (Å²) in [5.41, 5.74) is 1.25. The molecule has 0 bridgehead atoms. The monoisotopic (exact) mass is 361 g/mol. The maximum atomic E-state index is 12.6. The Balaban J connectivity index is 2.30. The van der Waals surface area contributed by atoms with Crippen LogP contribution in [-0.4, -0.2) is 27.3 Å². The third-order valence-corrected chi connectivity index (χ3v) is 4.85. The number of nitrogens with one attached hydrogen (secondary N) is 2. The Morgan fingerprint density at radius 2 is 1.56 bits per heavy atom. The minimum absolute atomic E-state index is 0.0434. The molecule has 0 saturated carbocycles. The van der Waals surface area contributed by atoms with Crippen LogP contribution in [0.4, 0.5) is 17.1 Å². The topological polar surface area (TPSA) is 95.6 Å². The molecule has 2 aromatic carbocycles. The van der Waals surface area contributed by atoms with E-state index in [0.29, 0.717) is 17.1 Å². The van der Waals surface area contributed by atoms with Crippen molar-refractivity contribution in [2.45, 2.75) is 18.7 Å². The van der Waals surface area contributed by atoms with Crippen LogP contribution in [0.2, 0.25) is 0 Å². The zero-order valence-electron chi connectivity index (χ0n) is 14.1. The molecular formula is C17H19N3O4S. The van der Waals surface area contributed by atoms with E-state index in [1.54, 1.807) is 31.3 Å². The highest BCUT2D eigenvalue weighted by molar-refractivity contribution is 7.92. The van der Waals surface area contributed by atoms with Crippen LogP contribution in [0.3, 0.4) is 0 Å². The molecule has 2 amide bonds. The Morgan fingerprint density at radius 1 is 0.960 bits per heavy atom. The summed E-state index contributed by atoms with van der Waals surface area (Å²) in [5, 5.41) is 2.57. The molecule has 0 aliphatic rings. The summed E-state index contributed by atoms with van der Waals surface area (Å²) in [5.74, 6) is -0.457. The van der Waals surface area contributed by atoms with Crippen molar-refractivity contribution in [3.8, 4) is 0 Å². The van der Waals surface area contributed by atoms with Crippen LogP contribution in [0.1, 0.15) is 13.8 Å². The van der Waals surface area contributed by atoms with Gasteiger partial charge in [0.25, 0.3) is 10.0 Å². The van der Waals surface area contributed by atoms with E-state index in [1.807, 2.05) is 0 Å². The molecule has 2 N–H and O–H groups in total. The molecule has 0 heterocycles. The maximum absolute atomic E-state index is 12.6. The first kappa shape index (κ1) is 18.5. The lowest BCUT2D eigenvalue weighted by molar-refractivity contribution is -0.116. The Kier molecular flexibility index (Phi) is 5.43. The first-order chi connectivity index (χ1) is 11.7. The first-order valence-corrected chi connectivity index (χ1v) is 8.93. The SMILES string of the molecule is CC(=O)Nc1ccc(S(=O)(=O)Nc2ccccc2N(C)C(C)=O)cc1. The van der Waals surface area contributed by atoms with Crippen LogP contribution < -0.4 is 14.9 Å². The average molecular weight is 361 g/mol. The lowest BCUT2D eigenvalue weighted by Gasteiger charge is -2.20. The predicted octanol–water partition coefficient (Wildman–Crippen LogP) is 2.43. The van der Waals surface area contributed by atoms with Gasteiger partial charge in [-0.15, -0.1) is 0 Å². The minimum atomic E-state index is -3.84. The van der Waals surface area contributed by atoms with Gasteiger partial charge in [0.05, 0.1) is 16.3 Å². The van der Waals surface area contributed by atoms with Gasteiger partial charge in [-0.2, -0.15) is 0 Å². The van der Waals surface area contributed by atoms with Crippen LogP contribution in [0.15, 0.2) is 53.4 Å². The summed E-state index contributed by atoms with van der Waals surface area (Å²) >= 11 is 0. The van der Waals surface area contributed by atoms with Crippen LogP contribution in [0.5, 0.6) is 0 Å². The Morgan fingerprint density at radius 3 is 2.12 bits per heavy atom. The normalized spacial score (nSPS) is 10.8. The number of benzene rings is 2. The highest BCUT2D eigenvalue weighted by Gasteiger charge is 2.18. The van der Waals surface area contributed by atoms with E-state index in [2.05, 4.69) is 10.0 Å². The highest BCUT2D eigenvalue weighted by Crippen LogP contribution is 2.27. The van der Waals surface area contributed by atoms with Crippen LogP contribution in [-0.2, 0) is 19.6 Å². The van der Waals surface area contributed by atoms with E-state index >= 15 is 0 Å². The lowest BCUT2D eigenvalue weighted by Crippen LogP contribution is -2.25. The molecule has 2 aromatic rings. The Labute approximate surface area is 146 Å². The lowest BCUT2D eigenvalue weighted by atomic mass is 10.2. The third-order valence-electron chi connectivity index (χ3n) is 3.47. The highest BCUT2D eigenvalue weighted by atomic mass is 32.2. The number of para-hydroxylation sites is 2. The van der Waals surface area contributed by atoms with Gasteiger partial charge >= 0.3 is 0 Å². The molecule has 0 atom stereocenters. The molecule has 0 unspecified atom stereocenters. The number of carbonyl (C=O) groups is 2. The predicted molar refractivity (Wildman–Crippen MR) is 97.1 cm³/mol. The van der Waals surface area contributed by atoms with Crippen LogP contribution >= 0.6 is 0 Å². The number of hydrogen-bond donors (Lipinski definition) is 2. The Bertz CT molecular complexity index is 892. The molecule has 0 spiro atoms. The molecule has 2 rings (SSSR count).